The first-order valence-corrected chi connectivity index (χ1v) is 4.44. The fourth-order valence-electron chi connectivity index (χ4n) is 1.28. The molecule has 0 atom stereocenters. The van der Waals surface area contributed by atoms with Crippen LogP contribution in [0.25, 0.3) is 0 Å². The maximum absolute atomic E-state index is 11.9. The van der Waals surface area contributed by atoms with E-state index in [1.54, 1.807) is 26.2 Å². The van der Waals surface area contributed by atoms with Crippen molar-refractivity contribution in [2.75, 3.05) is 5.73 Å². The minimum absolute atomic E-state index is 0.241. The lowest BCUT2D eigenvalue weighted by Crippen LogP contribution is -2.16. The van der Waals surface area contributed by atoms with Crippen molar-refractivity contribution in [3.63, 3.8) is 0 Å². The number of aryl methyl sites for hydroxylation is 2. The van der Waals surface area contributed by atoms with Crippen molar-refractivity contribution < 1.29 is 4.79 Å². The Morgan fingerprint density at radius 1 is 1.53 bits per heavy atom. The van der Waals surface area contributed by atoms with Gasteiger partial charge in [0.2, 0.25) is 0 Å². The van der Waals surface area contributed by atoms with E-state index in [-0.39, 0.29) is 5.91 Å². The summed E-state index contributed by atoms with van der Waals surface area (Å²) >= 11 is 0. The number of hydrogen-bond acceptors (Lipinski definition) is 4. The molecule has 2 aromatic rings. The van der Waals surface area contributed by atoms with Gasteiger partial charge in [-0.1, -0.05) is 0 Å². The van der Waals surface area contributed by atoms with Crippen molar-refractivity contribution >= 4 is 11.6 Å². The van der Waals surface area contributed by atoms with Gasteiger partial charge in [0.25, 0.3) is 5.91 Å². The summed E-state index contributed by atoms with van der Waals surface area (Å²) in [6.45, 7) is 1.75. The quantitative estimate of drug-likeness (QED) is 0.721. The Hall–Kier alpha value is -2.11. The van der Waals surface area contributed by atoms with Crippen LogP contribution in [-0.2, 0) is 7.05 Å². The first-order chi connectivity index (χ1) is 7.09. The van der Waals surface area contributed by atoms with Crippen LogP contribution in [0.5, 0.6) is 0 Å². The number of aromatic nitrogens is 4. The van der Waals surface area contributed by atoms with Crippen LogP contribution in [0.3, 0.4) is 0 Å². The lowest BCUT2D eigenvalue weighted by atomic mass is 10.4. The first kappa shape index (κ1) is 9.45. The van der Waals surface area contributed by atoms with Crippen LogP contribution in [0.2, 0.25) is 0 Å². The summed E-state index contributed by atoms with van der Waals surface area (Å²) in [6, 6.07) is 1.63. The summed E-state index contributed by atoms with van der Waals surface area (Å²) in [5.74, 6) is -0.241. The highest BCUT2D eigenvalue weighted by Gasteiger charge is 2.14. The van der Waals surface area contributed by atoms with Gasteiger partial charge in [-0.05, 0) is 13.0 Å². The van der Waals surface area contributed by atoms with Gasteiger partial charge in [0.1, 0.15) is 5.69 Å². The smallest absolute Gasteiger partial charge is 0.296 e. The highest BCUT2D eigenvalue weighted by molar-refractivity contribution is 5.94. The fourth-order valence-corrected chi connectivity index (χ4v) is 1.28. The Kier molecular flexibility index (Phi) is 2.03. The molecule has 0 saturated carbocycles. The van der Waals surface area contributed by atoms with Crippen LogP contribution in [-0.4, -0.2) is 25.5 Å². The zero-order valence-electron chi connectivity index (χ0n) is 8.51. The Labute approximate surface area is 86.3 Å². The van der Waals surface area contributed by atoms with Gasteiger partial charge < -0.3 is 5.73 Å². The largest absolute Gasteiger partial charge is 0.396 e. The zero-order valence-corrected chi connectivity index (χ0v) is 8.51. The van der Waals surface area contributed by atoms with E-state index in [2.05, 4.69) is 10.2 Å². The van der Waals surface area contributed by atoms with Crippen LogP contribution in [0.1, 0.15) is 16.2 Å². The molecule has 6 heteroatoms. The normalized spacial score (nSPS) is 10.5. The Bertz CT molecular complexity index is 491. The van der Waals surface area contributed by atoms with Crippen LogP contribution in [0.4, 0.5) is 5.69 Å². The summed E-state index contributed by atoms with van der Waals surface area (Å²) in [5, 5.41) is 7.92. The number of hydrogen-bond donors (Lipinski definition) is 1. The average molecular weight is 205 g/mol. The zero-order chi connectivity index (χ0) is 11.0. The van der Waals surface area contributed by atoms with Crippen LogP contribution < -0.4 is 5.73 Å². The molecule has 0 bridgehead atoms. The first-order valence-electron chi connectivity index (χ1n) is 4.44. The number of nitrogens with zero attached hydrogens (tertiary/aromatic N) is 4. The molecule has 78 valence electrons. The van der Waals surface area contributed by atoms with E-state index in [0.717, 1.165) is 0 Å². The predicted octanol–water partition coefficient (Wildman–Crippen LogP) is 0.196. The molecule has 0 spiro atoms. The summed E-state index contributed by atoms with van der Waals surface area (Å²) in [7, 11) is 1.70. The third-order valence-corrected chi connectivity index (χ3v) is 2.18. The van der Waals surface area contributed by atoms with Gasteiger partial charge in [-0.2, -0.15) is 10.2 Å². The Balaban J connectivity index is 2.41. The molecule has 2 rings (SSSR count). The second kappa shape index (κ2) is 3.23. The van der Waals surface area contributed by atoms with Crippen molar-refractivity contribution in [1.82, 2.24) is 19.6 Å². The number of nitrogen functional groups attached to an aromatic ring is 1. The maximum atomic E-state index is 11.9. The van der Waals surface area contributed by atoms with Crippen molar-refractivity contribution in [2.24, 2.45) is 7.05 Å². The van der Waals surface area contributed by atoms with E-state index in [1.807, 2.05) is 0 Å². The fraction of sp³-hybridized carbons (Fsp3) is 0.222. The minimum atomic E-state index is -0.241. The molecule has 2 N–H and O–H groups in total. The monoisotopic (exact) mass is 205 g/mol. The molecule has 0 aliphatic heterocycles. The van der Waals surface area contributed by atoms with Crippen LogP contribution in [0, 0.1) is 6.92 Å². The second-order valence-electron chi connectivity index (χ2n) is 3.26. The summed E-state index contributed by atoms with van der Waals surface area (Å²) in [6.07, 6.45) is 3.07. The lowest BCUT2D eigenvalue weighted by Gasteiger charge is -1.99. The van der Waals surface area contributed by atoms with Gasteiger partial charge in [-0.3, -0.25) is 9.48 Å². The Morgan fingerprint density at radius 3 is 2.73 bits per heavy atom. The van der Waals surface area contributed by atoms with E-state index in [4.69, 9.17) is 5.73 Å². The van der Waals surface area contributed by atoms with E-state index >= 15 is 0 Å². The topological polar surface area (TPSA) is 78.7 Å². The molecule has 2 aromatic heterocycles. The predicted molar refractivity (Wildman–Crippen MR) is 54.3 cm³/mol. The van der Waals surface area contributed by atoms with E-state index in [0.29, 0.717) is 17.1 Å². The summed E-state index contributed by atoms with van der Waals surface area (Å²) < 4.78 is 2.72. The van der Waals surface area contributed by atoms with Crippen molar-refractivity contribution in [3.05, 3.63) is 29.8 Å². The van der Waals surface area contributed by atoms with Crippen LogP contribution >= 0.6 is 0 Å². The highest BCUT2D eigenvalue weighted by atomic mass is 16.2. The van der Waals surface area contributed by atoms with Gasteiger partial charge in [0.05, 0.1) is 17.6 Å². The lowest BCUT2D eigenvalue weighted by molar-refractivity contribution is 0.0935. The number of nitrogens with two attached hydrogens (primary N) is 1. The maximum Gasteiger partial charge on any atom is 0.296 e. The van der Waals surface area contributed by atoms with Gasteiger partial charge in [0.15, 0.2) is 0 Å². The van der Waals surface area contributed by atoms with Crippen molar-refractivity contribution in [1.29, 1.82) is 0 Å². The molecule has 0 radical (unpaired) electrons. The molecule has 2 heterocycles. The van der Waals surface area contributed by atoms with Gasteiger partial charge in [-0.25, -0.2) is 4.68 Å². The summed E-state index contributed by atoms with van der Waals surface area (Å²) in [5.41, 5.74) is 7.23. The van der Waals surface area contributed by atoms with Gasteiger partial charge in [0, 0.05) is 13.2 Å². The van der Waals surface area contributed by atoms with E-state index in [1.165, 1.54) is 15.6 Å². The molecule has 6 nitrogen and oxygen atoms in total. The third kappa shape index (κ3) is 1.50. The SMILES string of the molecule is Cc1nn(C(=O)c2ccnn2C)cc1N. The number of anilines is 1. The van der Waals surface area contributed by atoms with Gasteiger partial charge in [-0.15, -0.1) is 0 Å². The van der Waals surface area contributed by atoms with Crippen molar-refractivity contribution in [2.45, 2.75) is 6.92 Å². The van der Waals surface area contributed by atoms with E-state index < -0.39 is 0 Å². The standard InChI is InChI=1S/C9H11N5O/c1-6-7(10)5-14(12-6)9(15)8-3-4-11-13(8)2/h3-5H,10H2,1-2H3. The molecular formula is C9H11N5O. The molecule has 0 saturated heterocycles. The van der Waals surface area contributed by atoms with Crippen molar-refractivity contribution in [3.8, 4) is 0 Å². The Morgan fingerprint density at radius 2 is 2.27 bits per heavy atom. The van der Waals surface area contributed by atoms with Crippen LogP contribution in [0.15, 0.2) is 18.5 Å². The summed E-state index contributed by atoms with van der Waals surface area (Å²) in [4.78, 5) is 11.9. The number of carbonyl (C=O) groups excluding carboxylic acids is 1. The molecular weight excluding hydrogens is 194 g/mol. The molecule has 0 aliphatic carbocycles. The molecule has 0 unspecified atom stereocenters. The third-order valence-electron chi connectivity index (χ3n) is 2.18. The average Bonchev–Trinajstić information content (AvgIpc) is 2.74. The highest BCUT2D eigenvalue weighted by Crippen LogP contribution is 2.08. The number of rotatable bonds is 1. The van der Waals surface area contributed by atoms with E-state index in [9.17, 15) is 4.79 Å². The van der Waals surface area contributed by atoms with Gasteiger partial charge >= 0.3 is 0 Å². The molecule has 0 aliphatic rings. The molecule has 15 heavy (non-hydrogen) atoms. The number of carbonyl (C=O) groups is 1. The minimum Gasteiger partial charge on any atom is -0.396 e. The molecule has 0 aromatic carbocycles. The molecule has 0 amide bonds. The molecule has 0 fully saturated rings. The second-order valence-corrected chi connectivity index (χ2v) is 3.26.